The van der Waals surface area contributed by atoms with E-state index in [4.69, 9.17) is 9.47 Å². The van der Waals surface area contributed by atoms with Gasteiger partial charge in [-0.3, -0.25) is 13.9 Å². The second-order valence-corrected chi connectivity index (χ2v) is 13.2. The third kappa shape index (κ3) is 8.48. The molecule has 1 heterocycles. The Balaban J connectivity index is 1.56. The molecule has 0 unspecified atom stereocenters. The number of hydrogen-bond acceptors (Lipinski definition) is 6. The van der Waals surface area contributed by atoms with E-state index < -0.39 is 46.1 Å². The van der Waals surface area contributed by atoms with Crippen LogP contribution in [0.2, 0.25) is 0 Å². The van der Waals surface area contributed by atoms with Crippen molar-refractivity contribution in [2.75, 3.05) is 30.6 Å². The molecule has 2 amide bonds. The van der Waals surface area contributed by atoms with Gasteiger partial charge in [0.2, 0.25) is 11.8 Å². The fourth-order valence-corrected chi connectivity index (χ4v) is 6.72. The van der Waals surface area contributed by atoms with E-state index in [1.165, 1.54) is 59.5 Å². The van der Waals surface area contributed by atoms with Crippen molar-refractivity contribution in [1.29, 1.82) is 0 Å². The Kier molecular flexibility index (Phi) is 11.3. The number of hydrogen-bond donors (Lipinski definition) is 1. The first kappa shape index (κ1) is 34.4. The number of unbranched alkanes of at least 4 members (excludes halogenated alkanes) is 1. The number of nitrogens with zero attached hydrogens (tertiary/aromatic N) is 2. The standard InChI is InChI=1S/C36H37F2N3O6S/c1-2-3-19-39-36(43)32(22-26-7-5-4-6-8-26)40(24-27-9-11-28(37)12-10-27)35(42)25-41(30-15-13-29(38)14-16-30)48(44,45)31-17-18-33-34(23-31)47-21-20-46-33/h4-18,23,32H,2-3,19-22,24-25H2,1H3,(H,39,43)/t32-/m1/s1. The number of benzene rings is 4. The topological polar surface area (TPSA) is 105 Å². The third-order valence-corrected chi connectivity index (χ3v) is 9.63. The molecule has 1 atom stereocenters. The minimum absolute atomic E-state index is 0.0355. The molecule has 0 aromatic heterocycles. The van der Waals surface area contributed by atoms with Gasteiger partial charge in [-0.25, -0.2) is 17.2 Å². The van der Waals surface area contributed by atoms with Crippen LogP contribution in [0, 0.1) is 11.6 Å². The molecule has 0 saturated carbocycles. The van der Waals surface area contributed by atoms with Gasteiger partial charge in [-0.2, -0.15) is 0 Å². The number of rotatable bonds is 14. The molecular weight excluding hydrogens is 640 g/mol. The van der Waals surface area contributed by atoms with E-state index in [0.717, 1.165) is 34.8 Å². The number of anilines is 1. The average Bonchev–Trinajstić information content (AvgIpc) is 3.10. The molecule has 0 fully saturated rings. The molecular formula is C36H37F2N3O6S. The molecule has 252 valence electrons. The predicted octanol–water partition coefficient (Wildman–Crippen LogP) is 5.49. The molecule has 0 spiro atoms. The highest BCUT2D eigenvalue weighted by molar-refractivity contribution is 7.92. The van der Waals surface area contributed by atoms with Crippen LogP contribution in [-0.2, 0) is 32.6 Å². The molecule has 1 aliphatic heterocycles. The van der Waals surface area contributed by atoms with Crippen molar-refractivity contribution in [3.05, 3.63) is 120 Å². The van der Waals surface area contributed by atoms with E-state index in [-0.39, 0.29) is 35.9 Å². The van der Waals surface area contributed by atoms with Crippen molar-refractivity contribution < 1.29 is 36.3 Å². The summed E-state index contributed by atoms with van der Waals surface area (Å²) in [6.07, 6.45) is 1.70. The highest BCUT2D eigenvalue weighted by Crippen LogP contribution is 2.34. The molecule has 0 radical (unpaired) electrons. The van der Waals surface area contributed by atoms with Gasteiger partial charge in [0.15, 0.2) is 11.5 Å². The zero-order valence-corrected chi connectivity index (χ0v) is 27.3. The largest absolute Gasteiger partial charge is 0.486 e. The van der Waals surface area contributed by atoms with Crippen LogP contribution in [0.25, 0.3) is 0 Å². The van der Waals surface area contributed by atoms with Crippen molar-refractivity contribution in [2.24, 2.45) is 0 Å². The summed E-state index contributed by atoms with van der Waals surface area (Å²) >= 11 is 0. The van der Waals surface area contributed by atoms with Crippen LogP contribution in [0.3, 0.4) is 0 Å². The molecule has 1 N–H and O–H groups in total. The second-order valence-electron chi connectivity index (χ2n) is 11.3. The van der Waals surface area contributed by atoms with Gasteiger partial charge in [-0.1, -0.05) is 55.8 Å². The number of halogens is 2. The molecule has 0 saturated heterocycles. The minimum atomic E-state index is -4.45. The van der Waals surface area contributed by atoms with E-state index in [1.807, 2.05) is 37.3 Å². The van der Waals surface area contributed by atoms with Crippen molar-refractivity contribution in [1.82, 2.24) is 10.2 Å². The maximum atomic E-state index is 14.5. The fourth-order valence-electron chi connectivity index (χ4n) is 5.29. The summed E-state index contributed by atoms with van der Waals surface area (Å²) < 4.78 is 68.4. The van der Waals surface area contributed by atoms with Crippen LogP contribution in [0.15, 0.2) is 102 Å². The first-order valence-corrected chi connectivity index (χ1v) is 17.1. The Morgan fingerprint density at radius 2 is 1.48 bits per heavy atom. The summed E-state index contributed by atoms with van der Waals surface area (Å²) in [6, 6.07) is 22.5. The second kappa shape index (κ2) is 15.7. The lowest BCUT2D eigenvalue weighted by Crippen LogP contribution is -2.53. The van der Waals surface area contributed by atoms with Gasteiger partial charge in [-0.05, 0) is 66.1 Å². The van der Waals surface area contributed by atoms with Gasteiger partial charge in [0.25, 0.3) is 10.0 Å². The quantitative estimate of drug-likeness (QED) is 0.177. The summed E-state index contributed by atoms with van der Waals surface area (Å²) in [5.74, 6) is -1.55. The maximum absolute atomic E-state index is 14.5. The third-order valence-electron chi connectivity index (χ3n) is 7.86. The average molecular weight is 678 g/mol. The van der Waals surface area contributed by atoms with Crippen molar-refractivity contribution >= 4 is 27.5 Å². The Hall–Kier alpha value is -4.97. The van der Waals surface area contributed by atoms with Crippen LogP contribution >= 0.6 is 0 Å². The van der Waals surface area contributed by atoms with Crippen LogP contribution < -0.4 is 19.1 Å². The summed E-state index contributed by atoms with van der Waals surface area (Å²) in [5, 5.41) is 2.92. The van der Waals surface area contributed by atoms with E-state index >= 15 is 0 Å². The fraction of sp³-hybridized carbons (Fsp3) is 0.278. The van der Waals surface area contributed by atoms with Gasteiger partial charge >= 0.3 is 0 Å². The zero-order valence-electron chi connectivity index (χ0n) is 26.5. The molecule has 5 rings (SSSR count). The van der Waals surface area contributed by atoms with Gasteiger partial charge < -0.3 is 19.7 Å². The van der Waals surface area contributed by atoms with E-state index in [0.29, 0.717) is 24.5 Å². The van der Waals surface area contributed by atoms with Crippen molar-refractivity contribution in [3.8, 4) is 11.5 Å². The van der Waals surface area contributed by atoms with Crippen LogP contribution in [-0.4, -0.2) is 57.5 Å². The van der Waals surface area contributed by atoms with Gasteiger partial charge in [-0.15, -0.1) is 0 Å². The smallest absolute Gasteiger partial charge is 0.264 e. The van der Waals surface area contributed by atoms with E-state index in [1.54, 1.807) is 0 Å². The predicted molar refractivity (Wildman–Crippen MR) is 177 cm³/mol. The molecule has 1 aliphatic rings. The Morgan fingerprint density at radius 1 is 0.833 bits per heavy atom. The van der Waals surface area contributed by atoms with E-state index in [9.17, 15) is 26.8 Å². The van der Waals surface area contributed by atoms with Gasteiger partial charge in [0, 0.05) is 25.6 Å². The SMILES string of the molecule is CCCCNC(=O)[C@@H](Cc1ccccc1)N(Cc1ccc(F)cc1)C(=O)CN(c1ccc(F)cc1)S(=O)(=O)c1ccc2c(c1)OCCO2. The number of ether oxygens (including phenoxy) is 2. The molecule has 9 nitrogen and oxygen atoms in total. The van der Waals surface area contributed by atoms with Crippen molar-refractivity contribution in [3.63, 3.8) is 0 Å². The maximum Gasteiger partial charge on any atom is 0.264 e. The number of fused-ring (bicyclic) bond motifs is 1. The Labute approximate surface area is 279 Å². The number of amides is 2. The monoisotopic (exact) mass is 677 g/mol. The van der Waals surface area contributed by atoms with Gasteiger partial charge in [0.05, 0.1) is 10.6 Å². The lowest BCUT2D eigenvalue weighted by atomic mass is 10.0. The minimum Gasteiger partial charge on any atom is -0.486 e. The Bertz CT molecular complexity index is 1810. The Morgan fingerprint density at radius 3 is 2.15 bits per heavy atom. The highest BCUT2D eigenvalue weighted by atomic mass is 32.2. The number of nitrogens with one attached hydrogen (secondary N) is 1. The molecule has 12 heteroatoms. The first-order valence-electron chi connectivity index (χ1n) is 15.7. The van der Waals surface area contributed by atoms with Crippen LogP contribution in [0.5, 0.6) is 11.5 Å². The highest BCUT2D eigenvalue weighted by Gasteiger charge is 2.35. The van der Waals surface area contributed by atoms with Crippen LogP contribution in [0.4, 0.5) is 14.5 Å². The normalized spacial score (nSPS) is 13.0. The molecule has 0 bridgehead atoms. The first-order chi connectivity index (χ1) is 23.2. The lowest BCUT2D eigenvalue weighted by Gasteiger charge is -2.34. The van der Waals surface area contributed by atoms with Gasteiger partial charge in [0.1, 0.15) is 37.4 Å². The molecule has 48 heavy (non-hydrogen) atoms. The zero-order chi connectivity index (χ0) is 34.1. The lowest BCUT2D eigenvalue weighted by molar-refractivity contribution is -0.140. The summed E-state index contributed by atoms with van der Waals surface area (Å²) in [7, 11) is -4.45. The summed E-state index contributed by atoms with van der Waals surface area (Å²) in [5.41, 5.74) is 1.35. The number of carbonyl (C=O) groups excluding carboxylic acids is 2. The van der Waals surface area contributed by atoms with E-state index in [2.05, 4.69) is 5.32 Å². The van der Waals surface area contributed by atoms with Crippen molar-refractivity contribution in [2.45, 2.75) is 43.7 Å². The summed E-state index contributed by atoms with van der Waals surface area (Å²) in [4.78, 5) is 29.4. The summed E-state index contributed by atoms with van der Waals surface area (Å²) in [6.45, 7) is 2.09. The molecule has 4 aromatic carbocycles. The molecule has 4 aromatic rings. The van der Waals surface area contributed by atoms with Crippen LogP contribution in [0.1, 0.15) is 30.9 Å². The number of sulfonamides is 1. The molecule has 0 aliphatic carbocycles. The number of carbonyl (C=O) groups is 2.